The highest BCUT2D eigenvalue weighted by Crippen LogP contribution is 2.34. The van der Waals surface area contributed by atoms with E-state index in [0.29, 0.717) is 93.9 Å². The van der Waals surface area contributed by atoms with Gasteiger partial charge in [-0.15, -0.1) is 0 Å². The van der Waals surface area contributed by atoms with Crippen molar-refractivity contribution in [3.8, 4) is 45.0 Å². The molecule has 6 aromatic carbocycles. The van der Waals surface area contributed by atoms with Gasteiger partial charge in [0.25, 0.3) is 23.6 Å². The van der Waals surface area contributed by atoms with Crippen LogP contribution in [-0.4, -0.2) is 119 Å². The van der Waals surface area contributed by atoms with Crippen LogP contribution in [0, 0.1) is 0 Å². The number of halogens is 6. The van der Waals surface area contributed by atoms with E-state index in [2.05, 4.69) is 78.4 Å². The number of nitrogens with zero attached hydrogens (tertiary/aromatic N) is 7. The molecule has 0 fully saturated rings. The Morgan fingerprint density at radius 1 is 0.411 bits per heavy atom. The molecule has 0 aliphatic carbocycles. The van der Waals surface area contributed by atoms with Crippen LogP contribution in [0.1, 0.15) is 53.9 Å². The van der Waals surface area contributed by atoms with Gasteiger partial charge in [0.05, 0.1) is 82.5 Å². The number of aryl methyl sites for hydroxylation is 1. The molecule has 0 radical (unpaired) electrons. The van der Waals surface area contributed by atoms with Gasteiger partial charge in [0.1, 0.15) is 11.6 Å². The Morgan fingerprint density at radius 2 is 0.822 bits per heavy atom. The summed E-state index contributed by atoms with van der Waals surface area (Å²) in [5.74, 6) is -0.0280. The van der Waals surface area contributed by atoms with Crippen LogP contribution in [0.15, 0.2) is 243 Å². The Kier molecular flexibility index (Phi) is 29.6. The minimum Gasteiger partial charge on any atom is -0.395 e. The minimum absolute atomic E-state index is 0.0462. The summed E-state index contributed by atoms with van der Waals surface area (Å²) in [4.78, 5) is 77.7. The third-order valence-electron chi connectivity index (χ3n) is 15.2. The number of hydrogen-bond donors (Lipinski definition) is 8. The number of aliphatic hydroxyl groups is 1. The lowest BCUT2D eigenvalue weighted by molar-refractivity contribution is 0.101. The predicted molar refractivity (Wildman–Crippen MR) is 432 cm³/mol. The average Bonchev–Trinajstić information content (AvgIpc) is 0.835. The summed E-state index contributed by atoms with van der Waals surface area (Å²) in [6.07, 6.45) is 11.7. The minimum atomic E-state index is -3.44. The lowest BCUT2D eigenvalue weighted by Crippen LogP contribution is -2.21. The van der Waals surface area contributed by atoms with Gasteiger partial charge in [-0.2, -0.15) is 0 Å². The number of carbonyl (C=O) groups is 4. The maximum Gasteiger partial charge on any atom is 0.257 e. The Bertz CT molecular complexity index is 5150. The molecular formula is C79H70Cl6N14O7S. The highest BCUT2D eigenvalue weighted by molar-refractivity contribution is 7.92. The first-order valence-corrected chi connectivity index (χ1v) is 37.0. The first-order chi connectivity index (χ1) is 51.5. The Hall–Kier alpha value is -10.9. The Morgan fingerprint density at radius 3 is 1.20 bits per heavy atom. The number of pyridine rings is 6. The van der Waals surface area contributed by atoms with Crippen LogP contribution < -0.4 is 36.6 Å². The van der Waals surface area contributed by atoms with Crippen LogP contribution in [0.25, 0.3) is 45.0 Å². The van der Waals surface area contributed by atoms with Crippen molar-refractivity contribution in [1.29, 1.82) is 0 Å². The highest BCUT2D eigenvalue weighted by atomic mass is 35.5. The van der Waals surface area contributed by atoms with Crippen molar-refractivity contribution in [2.45, 2.75) is 13.3 Å². The van der Waals surface area contributed by atoms with Crippen molar-refractivity contribution in [3.05, 3.63) is 301 Å². The number of nitrogens with one attached hydrogen (secondary N) is 7. The summed E-state index contributed by atoms with van der Waals surface area (Å²) < 4.78 is 24.9. The Labute approximate surface area is 649 Å². The van der Waals surface area contributed by atoms with Crippen LogP contribution in [0.3, 0.4) is 0 Å². The van der Waals surface area contributed by atoms with Gasteiger partial charge in [-0.1, -0.05) is 113 Å². The van der Waals surface area contributed by atoms with Gasteiger partial charge >= 0.3 is 0 Å². The van der Waals surface area contributed by atoms with Crippen molar-refractivity contribution < 1.29 is 32.7 Å². The van der Waals surface area contributed by atoms with Crippen LogP contribution in [0.4, 0.5) is 40.1 Å². The van der Waals surface area contributed by atoms with Gasteiger partial charge in [-0.05, 0) is 196 Å². The molecule has 12 rings (SSSR count). The summed E-state index contributed by atoms with van der Waals surface area (Å²) in [7, 11) is 0.587. The largest absolute Gasteiger partial charge is 0.395 e. The second-order valence-electron chi connectivity index (χ2n) is 23.4. The molecule has 0 spiro atoms. The standard InChI is InChI=1S/C21H22ClN5O.C20H17ClN2O.C19H16Cl2N4O2.C19H15Cl2N3O3S/c1-27(2)12-11-24-20-9-6-15(14-25-20)21(28)26-16-7-8-18(22)17(13-16)19-5-3-4-10-23-19;1-2-14-6-8-15(9-7-14)20(24)23-16-10-11-18(21)17(13-16)19-5-3-4-12-22-19;20-15-5-4-13(10-14(15)17-3-1-2-6-22-17)25-19(27)12-9-16(21)18(24-11-12)23-7-8-26;1-28(26,27)24-13-5-7-14(17(21)11-13)19(25)23-12-6-8-16(20)15(10-12)18-4-2-3-9-22-18/h3-10,13-14H,11-12H2,1-2H3,(H,24,25)(H,26,28);3-13H,2H2,1H3,(H,23,24);1-6,9-11,26H,7-8H2,(H,23,24)(H,25,27);2-11,24H,1H3,(H,23,25). The van der Waals surface area contributed by atoms with Crippen molar-refractivity contribution in [3.63, 3.8) is 0 Å². The fraction of sp³-hybridized carbons (Fsp3) is 0.114. The molecule has 6 heterocycles. The van der Waals surface area contributed by atoms with Crippen molar-refractivity contribution >= 4 is 143 Å². The molecule has 4 amide bonds. The monoisotopic (exact) mass is 1570 g/mol. The zero-order valence-corrected chi connectivity index (χ0v) is 63.2. The number of hydrogen-bond acceptors (Lipinski definition) is 16. The molecule has 0 atom stereocenters. The molecule has 0 bridgehead atoms. The Balaban J connectivity index is 0.000000165. The summed E-state index contributed by atoms with van der Waals surface area (Å²) in [5, 5.41) is 28.9. The topological polar surface area (TPSA) is 287 Å². The van der Waals surface area contributed by atoms with Gasteiger partial charge in [-0.3, -0.25) is 43.8 Å². The number of aliphatic hydroxyl groups excluding tert-OH is 1. The van der Waals surface area contributed by atoms with Gasteiger partial charge in [0.15, 0.2) is 0 Å². The maximum atomic E-state index is 12.6. The van der Waals surface area contributed by atoms with E-state index in [1.807, 2.05) is 117 Å². The SMILES string of the molecule is CCc1ccc(C(=O)Nc2ccc(Cl)c(-c3ccccn3)c2)cc1.CN(C)CCNc1ccc(C(=O)Nc2ccc(Cl)c(-c3ccccn3)c2)cn1.CS(=O)(=O)Nc1ccc(C(=O)Nc2ccc(Cl)c(-c3ccccn3)c2)c(Cl)c1.O=C(Nc1ccc(Cl)c(-c2ccccn2)c1)c1cnc(NCCO)c(Cl)c1. The molecule has 107 heavy (non-hydrogen) atoms. The zero-order valence-electron chi connectivity index (χ0n) is 57.8. The maximum absolute atomic E-state index is 12.6. The number of amides is 4. The molecule has 0 unspecified atom stereocenters. The first-order valence-electron chi connectivity index (χ1n) is 32.8. The molecule has 546 valence electrons. The lowest BCUT2D eigenvalue weighted by atomic mass is 10.1. The normalized spacial score (nSPS) is 10.7. The van der Waals surface area contributed by atoms with E-state index in [-0.39, 0.29) is 40.6 Å². The number of aromatic nitrogens is 6. The molecule has 8 N–H and O–H groups in total. The van der Waals surface area contributed by atoms with E-state index in [9.17, 15) is 27.6 Å². The molecule has 0 aliphatic heterocycles. The van der Waals surface area contributed by atoms with Gasteiger partial charge in [0.2, 0.25) is 10.0 Å². The summed E-state index contributed by atoms with van der Waals surface area (Å²) in [6.45, 7) is 4.04. The fourth-order valence-electron chi connectivity index (χ4n) is 9.87. The predicted octanol–water partition coefficient (Wildman–Crippen LogP) is 18.0. The second kappa shape index (κ2) is 39.5. The lowest BCUT2D eigenvalue weighted by Gasteiger charge is -2.11. The summed E-state index contributed by atoms with van der Waals surface area (Å²) >= 11 is 37.3. The average molecular weight is 1570 g/mol. The third-order valence-corrected chi connectivity index (χ3v) is 17.7. The van der Waals surface area contributed by atoms with E-state index >= 15 is 0 Å². The van der Waals surface area contributed by atoms with E-state index < -0.39 is 15.9 Å². The van der Waals surface area contributed by atoms with Crippen molar-refractivity contribution in [2.75, 3.05) is 83.2 Å². The van der Waals surface area contributed by atoms with Crippen LogP contribution in [0.2, 0.25) is 30.1 Å². The molecule has 0 aliphatic rings. The number of sulfonamides is 1. The molecular weight excluding hydrogens is 1500 g/mol. The second-order valence-corrected chi connectivity index (χ2v) is 27.6. The van der Waals surface area contributed by atoms with Crippen molar-refractivity contribution in [2.24, 2.45) is 0 Å². The van der Waals surface area contributed by atoms with Gasteiger partial charge < -0.3 is 41.9 Å². The smallest absolute Gasteiger partial charge is 0.257 e. The van der Waals surface area contributed by atoms with E-state index in [1.165, 1.54) is 36.0 Å². The van der Waals surface area contributed by atoms with Crippen LogP contribution in [0.5, 0.6) is 0 Å². The molecule has 21 nitrogen and oxygen atoms in total. The van der Waals surface area contributed by atoms with Gasteiger partial charge in [0, 0.05) is 113 Å². The molecule has 6 aromatic heterocycles. The highest BCUT2D eigenvalue weighted by Gasteiger charge is 2.18. The van der Waals surface area contributed by atoms with E-state index in [1.54, 1.807) is 110 Å². The van der Waals surface area contributed by atoms with Crippen LogP contribution in [-0.2, 0) is 16.4 Å². The van der Waals surface area contributed by atoms with Crippen molar-refractivity contribution in [1.82, 2.24) is 34.8 Å². The number of benzene rings is 6. The number of likely N-dealkylation sites (N-methyl/N-ethyl adjacent to an activating group) is 1. The molecule has 28 heteroatoms. The molecule has 12 aromatic rings. The zero-order chi connectivity index (χ0) is 76.4. The molecule has 0 saturated heterocycles. The van der Waals surface area contributed by atoms with Gasteiger partial charge in [-0.25, -0.2) is 18.4 Å². The quantitative estimate of drug-likeness (QED) is 0.0313. The number of carbonyl (C=O) groups excluding carboxylic acids is 4. The molecule has 0 saturated carbocycles. The summed E-state index contributed by atoms with van der Waals surface area (Å²) in [6, 6.07) is 60.1. The van der Waals surface area contributed by atoms with Crippen LogP contribution >= 0.6 is 69.6 Å². The van der Waals surface area contributed by atoms with E-state index in [4.69, 9.17) is 74.7 Å². The first kappa shape index (κ1) is 80.2. The summed E-state index contributed by atoms with van der Waals surface area (Å²) in [5.41, 5.74) is 11.4. The van der Waals surface area contributed by atoms with E-state index in [0.717, 1.165) is 59.7 Å². The number of anilines is 7. The third kappa shape index (κ3) is 24.3. The number of rotatable bonds is 22. The fourth-order valence-corrected chi connectivity index (χ4v) is 11.8.